The zero-order valence-electron chi connectivity index (χ0n) is 14.0. The van der Waals surface area contributed by atoms with Crippen molar-refractivity contribution in [2.45, 2.75) is 13.8 Å². The van der Waals surface area contributed by atoms with Crippen LogP contribution in [0.25, 0.3) is 11.0 Å². The largest absolute Gasteiger partial charge is 0.350 e. The van der Waals surface area contributed by atoms with E-state index in [9.17, 15) is 9.59 Å². The van der Waals surface area contributed by atoms with Gasteiger partial charge in [-0.1, -0.05) is 6.07 Å². The molecule has 3 aromatic rings. The second kappa shape index (κ2) is 7.40. The van der Waals surface area contributed by atoms with Gasteiger partial charge in [0.1, 0.15) is 0 Å². The van der Waals surface area contributed by atoms with Crippen LogP contribution in [0.3, 0.4) is 0 Å². The Morgan fingerprint density at radius 1 is 0.960 bits per heavy atom. The fraction of sp³-hybridized carbons (Fsp3) is 0.222. The number of fused-ring (bicyclic) bond motifs is 1. The van der Waals surface area contributed by atoms with Crippen LogP contribution in [0.4, 0.5) is 0 Å². The average molecular weight is 354 g/mol. The van der Waals surface area contributed by atoms with Crippen molar-refractivity contribution in [1.82, 2.24) is 20.6 Å². The molecule has 1 aromatic carbocycles. The number of amides is 2. The van der Waals surface area contributed by atoms with Crippen molar-refractivity contribution < 1.29 is 9.59 Å². The van der Waals surface area contributed by atoms with E-state index >= 15 is 0 Å². The van der Waals surface area contributed by atoms with Crippen LogP contribution in [-0.4, -0.2) is 34.9 Å². The van der Waals surface area contributed by atoms with Crippen LogP contribution in [-0.2, 0) is 0 Å². The molecule has 0 saturated carbocycles. The van der Waals surface area contributed by atoms with Gasteiger partial charge in [0.2, 0.25) is 0 Å². The number of carbonyl (C=O) groups is 2. The first-order chi connectivity index (χ1) is 12.0. The summed E-state index contributed by atoms with van der Waals surface area (Å²) < 4.78 is 0. The number of aryl methyl sites for hydroxylation is 2. The predicted octanol–water partition coefficient (Wildman–Crippen LogP) is 2.47. The maximum Gasteiger partial charge on any atom is 0.261 e. The Morgan fingerprint density at radius 2 is 1.64 bits per heavy atom. The van der Waals surface area contributed by atoms with Crippen LogP contribution in [0.2, 0.25) is 0 Å². The smallest absolute Gasteiger partial charge is 0.261 e. The normalized spacial score (nSPS) is 10.6. The van der Waals surface area contributed by atoms with Gasteiger partial charge < -0.3 is 10.6 Å². The highest BCUT2D eigenvalue weighted by Crippen LogP contribution is 2.14. The number of benzene rings is 1. The molecule has 2 heterocycles. The molecule has 0 fully saturated rings. The van der Waals surface area contributed by atoms with Crippen molar-refractivity contribution in [3.05, 3.63) is 57.5 Å². The quantitative estimate of drug-likeness (QED) is 0.690. The summed E-state index contributed by atoms with van der Waals surface area (Å²) in [5.74, 6) is -0.330. The minimum atomic E-state index is -0.202. The second-order valence-corrected chi connectivity index (χ2v) is 6.53. The molecule has 0 spiro atoms. The number of aromatic nitrogens is 2. The molecule has 25 heavy (non-hydrogen) atoms. The van der Waals surface area contributed by atoms with Crippen LogP contribution in [0.5, 0.6) is 0 Å². The summed E-state index contributed by atoms with van der Waals surface area (Å²) in [6.07, 6.45) is 0. The summed E-state index contributed by atoms with van der Waals surface area (Å²) in [5, 5.41) is 7.41. The van der Waals surface area contributed by atoms with E-state index in [1.165, 1.54) is 11.3 Å². The zero-order chi connectivity index (χ0) is 17.8. The highest BCUT2D eigenvalue weighted by atomic mass is 32.1. The monoisotopic (exact) mass is 354 g/mol. The maximum absolute atomic E-state index is 12.2. The molecule has 128 valence electrons. The minimum absolute atomic E-state index is 0.129. The van der Waals surface area contributed by atoms with Crippen molar-refractivity contribution in [1.29, 1.82) is 0 Å². The van der Waals surface area contributed by atoms with Crippen molar-refractivity contribution in [3.63, 3.8) is 0 Å². The molecule has 0 radical (unpaired) electrons. The van der Waals surface area contributed by atoms with E-state index in [-0.39, 0.29) is 11.8 Å². The Balaban J connectivity index is 1.57. The lowest BCUT2D eigenvalue weighted by Gasteiger charge is -2.08. The number of rotatable bonds is 5. The number of carbonyl (C=O) groups excluding carboxylic acids is 2. The molecule has 0 saturated heterocycles. The van der Waals surface area contributed by atoms with Crippen LogP contribution in [0, 0.1) is 13.8 Å². The van der Waals surface area contributed by atoms with E-state index in [1.54, 1.807) is 24.3 Å². The van der Waals surface area contributed by atoms with Gasteiger partial charge in [-0.2, -0.15) is 0 Å². The zero-order valence-corrected chi connectivity index (χ0v) is 14.8. The van der Waals surface area contributed by atoms with Gasteiger partial charge in [0.15, 0.2) is 0 Å². The average Bonchev–Trinajstić information content (AvgIpc) is 3.13. The molecule has 0 aliphatic carbocycles. The van der Waals surface area contributed by atoms with Crippen LogP contribution >= 0.6 is 11.3 Å². The molecule has 0 unspecified atom stereocenters. The van der Waals surface area contributed by atoms with Gasteiger partial charge in [-0.25, -0.2) is 9.97 Å². The Hall–Kier alpha value is -2.80. The highest BCUT2D eigenvalue weighted by molar-refractivity contribution is 7.12. The van der Waals surface area contributed by atoms with Crippen LogP contribution in [0.1, 0.15) is 31.4 Å². The first-order valence-corrected chi connectivity index (χ1v) is 8.77. The van der Waals surface area contributed by atoms with Gasteiger partial charge in [0.05, 0.1) is 27.3 Å². The third-order valence-corrected chi connectivity index (χ3v) is 4.65. The molecule has 3 rings (SSSR count). The molecule has 2 N–H and O–H groups in total. The molecule has 0 bridgehead atoms. The fourth-order valence-electron chi connectivity index (χ4n) is 2.32. The Kier molecular flexibility index (Phi) is 5.04. The summed E-state index contributed by atoms with van der Waals surface area (Å²) in [5.41, 5.74) is 3.71. The lowest BCUT2D eigenvalue weighted by molar-refractivity contribution is 0.0929. The van der Waals surface area contributed by atoms with E-state index in [1.807, 2.05) is 25.3 Å². The van der Waals surface area contributed by atoms with Crippen molar-refractivity contribution in [2.24, 2.45) is 0 Å². The van der Waals surface area contributed by atoms with Gasteiger partial charge in [0, 0.05) is 18.7 Å². The maximum atomic E-state index is 12.2. The van der Waals surface area contributed by atoms with Gasteiger partial charge in [0.25, 0.3) is 11.8 Å². The number of thiophene rings is 1. The summed E-state index contributed by atoms with van der Waals surface area (Å²) >= 11 is 1.38. The van der Waals surface area contributed by atoms with E-state index in [0.717, 1.165) is 16.9 Å². The number of hydrogen-bond donors (Lipinski definition) is 2. The molecule has 2 amide bonds. The highest BCUT2D eigenvalue weighted by Gasteiger charge is 2.09. The molecule has 0 aliphatic rings. The van der Waals surface area contributed by atoms with Crippen LogP contribution < -0.4 is 10.6 Å². The first-order valence-electron chi connectivity index (χ1n) is 7.89. The van der Waals surface area contributed by atoms with Crippen molar-refractivity contribution in [3.8, 4) is 0 Å². The lowest BCUT2D eigenvalue weighted by atomic mass is 10.1. The van der Waals surface area contributed by atoms with Gasteiger partial charge >= 0.3 is 0 Å². The van der Waals surface area contributed by atoms with Crippen LogP contribution in [0.15, 0.2) is 35.7 Å². The summed E-state index contributed by atoms with van der Waals surface area (Å²) in [7, 11) is 0. The second-order valence-electron chi connectivity index (χ2n) is 5.59. The Bertz CT molecular complexity index is 922. The van der Waals surface area contributed by atoms with Gasteiger partial charge in [-0.15, -0.1) is 11.3 Å². The third-order valence-electron chi connectivity index (χ3n) is 3.78. The van der Waals surface area contributed by atoms with Crippen molar-refractivity contribution in [2.75, 3.05) is 13.1 Å². The molecular weight excluding hydrogens is 336 g/mol. The van der Waals surface area contributed by atoms with E-state index < -0.39 is 0 Å². The van der Waals surface area contributed by atoms with Gasteiger partial charge in [-0.05, 0) is 43.5 Å². The van der Waals surface area contributed by atoms with Gasteiger partial charge in [-0.3, -0.25) is 9.59 Å². The SMILES string of the molecule is Cc1nc2ccc(C(=O)NCCNC(=O)c3cccs3)cc2nc1C. The molecule has 2 aromatic heterocycles. The van der Waals surface area contributed by atoms with Crippen molar-refractivity contribution >= 4 is 34.2 Å². The minimum Gasteiger partial charge on any atom is -0.350 e. The van der Waals surface area contributed by atoms with E-state index in [4.69, 9.17) is 0 Å². The molecule has 0 aliphatic heterocycles. The standard InChI is InChI=1S/C18H18N4O2S/c1-11-12(2)22-15-10-13(5-6-14(15)21-11)17(23)19-7-8-20-18(24)16-4-3-9-25-16/h3-6,9-10H,7-8H2,1-2H3,(H,19,23)(H,20,24). The van der Waals surface area contributed by atoms with E-state index in [2.05, 4.69) is 20.6 Å². The molecule has 7 heteroatoms. The molecular formula is C18H18N4O2S. The third kappa shape index (κ3) is 4.00. The summed E-state index contributed by atoms with van der Waals surface area (Å²) in [6.45, 7) is 4.53. The molecule has 6 nitrogen and oxygen atoms in total. The Morgan fingerprint density at radius 3 is 2.32 bits per heavy atom. The topological polar surface area (TPSA) is 84.0 Å². The Labute approximate surface area is 149 Å². The van der Waals surface area contributed by atoms with E-state index in [0.29, 0.717) is 29.0 Å². The summed E-state index contributed by atoms with van der Waals surface area (Å²) in [4.78, 5) is 33.6. The fourth-order valence-corrected chi connectivity index (χ4v) is 2.96. The number of nitrogens with zero attached hydrogens (tertiary/aromatic N) is 2. The first kappa shape index (κ1) is 17.0. The number of hydrogen-bond acceptors (Lipinski definition) is 5. The molecule has 0 atom stereocenters. The lowest BCUT2D eigenvalue weighted by Crippen LogP contribution is -2.34. The number of nitrogens with one attached hydrogen (secondary N) is 2. The summed E-state index contributed by atoms with van der Waals surface area (Å²) in [6, 6.07) is 8.84. The predicted molar refractivity (Wildman–Crippen MR) is 98.0 cm³/mol.